The minimum Gasteiger partial charge on any atom is -0.381 e. The Morgan fingerprint density at radius 3 is 2.60 bits per heavy atom. The van der Waals surface area contributed by atoms with E-state index in [2.05, 4.69) is 10.3 Å². The van der Waals surface area contributed by atoms with Gasteiger partial charge in [-0.3, -0.25) is 9.78 Å². The lowest BCUT2D eigenvalue weighted by Crippen LogP contribution is -2.49. The maximum atomic E-state index is 12.0. The second-order valence-electron chi connectivity index (χ2n) is 7.17. The first kappa shape index (κ1) is 16.5. The third-order valence-corrected chi connectivity index (χ3v) is 6.82. The van der Waals surface area contributed by atoms with Gasteiger partial charge in [0.25, 0.3) is 5.91 Å². The molecule has 0 aromatic carbocycles. The summed E-state index contributed by atoms with van der Waals surface area (Å²) in [6.07, 6.45) is 10.8. The molecule has 3 aliphatic rings. The molecule has 2 aliphatic heterocycles. The number of sulfonamides is 1. The second-order valence-corrected chi connectivity index (χ2v) is 9.06. The topological polar surface area (TPSA) is 105 Å². The summed E-state index contributed by atoms with van der Waals surface area (Å²) in [6.45, 7) is 0. The van der Waals surface area contributed by atoms with Crippen molar-refractivity contribution in [2.75, 3.05) is 11.6 Å². The van der Waals surface area contributed by atoms with Gasteiger partial charge in [-0.15, -0.1) is 0 Å². The standard InChI is InChI=1S/C17H22N4O3S/c1-25(23,24)21-11-5-6-12(21)8-10(7-11)20-16-13-3-2-4-15(13)19-9-14(16)17(18)22/h2-3,9-12H,4-8H2,1H3,(H2,18,22)(H,19,20)/t11-,12-/m0/s1. The van der Waals surface area contributed by atoms with Gasteiger partial charge in [0.15, 0.2) is 0 Å². The Balaban J connectivity index is 1.62. The number of pyridine rings is 1. The van der Waals surface area contributed by atoms with Gasteiger partial charge in [0.2, 0.25) is 10.0 Å². The van der Waals surface area contributed by atoms with E-state index in [-0.39, 0.29) is 18.1 Å². The minimum absolute atomic E-state index is 0.0358. The summed E-state index contributed by atoms with van der Waals surface area (Å²) in [4.78, 5) is 16.1. The Morgan fingerprint density at radius 1 is 1.32 bits per heavy atom. The molecular weight excluding hydrogens is 340 g/mol. The van der Waals surface area contributed by atoms with E-state index in [0.717, 1.165) is 49.0 Å². The first-order chi connectivity index (χ1) is 11.8. The van der Waals surface area contributed by atoms with Crippen LogP contribution in [0.15, 0.2) is 12.3 Å². The number of anilines is 1. The Morgan fingerprint density at radius 2 is 2.00 bits per heavy atom. The van der Waals surface area contributed by atoms with Crippen LogP contribution in [0.25, 0.3) is 6.08 Å². The molecule has 3 heterocycles. The fourth-order valence-corrected chi connectivity index (χ4v) is 6.00. The van der Waals surface area contributed by atoms with Crippen molar-refractivity contribution in [3.8, 4) is 0 Å². The zero-order valence-electron chi connectivity index (χ0n) is 14.1. The average molecular weight is 362 g/mol. The Labute approximate surface area is 147 Å². The number of nitrogens with zero attached hydrogens (tertiary/aromatic N) is 2. The maximum Gasteiger partial charge on any atom is 0.252 e. The van der Waals surface area contributed by atoms with Crippen LogP contribution in [0.2, 0.25) is 0 Å². The van der Waals surface area contributed by atoms with E-state index in [9.17, 15) is 13.2 Å². The van der Waals surface area contributed by atoms with Crippen molar-refractivity contribution in [2.24, 2.45) is 5.73 Å². The highest BCUT2D eigenvalue weighted by Crippen LogP contribution is 2.39. The predicted octanol–water partition coefficient (Wildman–Crippen LogP) is 1.12. The smallest absolute Gasteiger partial charge is 0.252 e. The number of carbonyl (C=O) groups excluding carboxylic acids is 1. The van der Waals surface area contributed by atoms with Crippen molar-refractivity contribution in [3.63, 3.8) is 0 Å². The van der Waals surface area contributed by atoms with Crippen molar-refractivity contribution in [3.05, 3.63) is 29.1 Å². The molecule has 3 N–H and O–H groups in total. The molecule has 2 fully saturated rings. The SMILES string of the molecule is CS(=O)(=O)N1[C@H]2CC[C@H]1CC(Nc1c(C(N)=O)cnc3c1C=CC3)C2. The van der Waals surface area contributed by atoms with Crippen LogP contribution in [-0.4, -0.2) is 48.0 Å². The monoisotopic (exact) mass is 362 g/mol. The Kier molecular flexibility index (Phi) is 3.84. The van der Waals surface area contributed by atoms with Crippen LogP contribution < -0.4 is 11.1 Å². The molecule has 8 heteroatoms. The van der Waals surface area contributed by atoms with E-state index in [1.807, 2.05) is 12.2 Å². The highest BCUT2D eigenvalue weighted by molar-refractivity contribution is 7.88. The van der Waals surface area contributed by atoms with Crippen LogP contribution in [0.3, 0.4) is 0 Å². The van der Waals surface area contributed by atoms with Crippen LogP contribution in [0.1, 0.15) is 47.3 Å². The van der Waals surface area contributed by atoms with Gasteiger partial charge in [-0.1, -0.05) is 12.2 Å². The number of nitrogens with one attached hydrogen (secondary N) is 1. The second kappa shape index (κ2) is 5.81. The third kappa shape index (κ3) is 2.83. The Hall–Kier alpha value is -1.93. The molecule has 1 aliphatic carbocycles. The molecule has 1 amide bonds. The van der Waals surface area contributed by atoms with Gasteiger partial charge in [0.1, 0.15) is 0 Å². The molecule has 0 saturated carbocycles. The number of amides is 1. The lowest BCUT2D eigenvalue weighted by molar-refractivity contribution is 0.100. The lowest BCUT2D eigenvalue weighted by atomic mass is 9.98. The van der Waals surface area contributed by atoms with E-state index in [1.54, 1.807) is 4.31 Å². The normalized spacial score (nSPS) is 28.1. The van der Waals surface area contributed by atoms with Crippen LogP contribution in [0.4, 0.5) is 5.69 Å². The van der Waals surface area contributed by atoms with Crippen molar-refractivity contribution >= 4 is 27.7 Å². The molecule has 25 heavy (non-hydrogen) atoms. The first-order valence-corrected chi connectivity index (χ1v) is 10.4. The van der Waals surface area contributed by atoms with E-state index < -0.39 is 15.9 Å². The molecule has 0 spiro atoms. The van der Waals surface area contributed by atoms with Gasteiger partial charge in [0.05, 0.1) is 23.2 Å². The third-order valence-electron chi connectivity index (χ3n) is 5.46. The number of primary amides is 1. The summed E-state index contributed by atoms with van der Waals surface area (Å²) in [5.41, 5.74) is 8.52. The minimum atomic E-state index is -3.18. The largest absolute Gasteiger partial charge is 0.381 e. The predicted molar refractivity (Wildman–Crippen MR) is 95.6 cm³/mol. The summed E-state index contributed by atoms with van der Waals surface area (Å²) >= 11 is 0. The van der Waals surface area contributed by atoms with Crippen LogP contribution in [0, 0.1) is 0 Å². The summed E-state index contributed by atoms with van der Waals surface area (Å²) in [5.74, 6) is -0.505. The molecule has 2 bridgehead atoms. The number of nitrogens with two attached hydrogens (primary N) is 1. The number of piperidine rings is 1. The fraction of sp³-hybridized carbons (Fsp3) is 0.529. The summed E-state index contributed by atoms with van der Waals surface area (Å²) < 4.78 is 25.7. The summed E-state index contributed by atoms with van der Waals surface area (Å²) in [7, 11) is -3.18. The van der Waals surface area contributed by atoms with Gasteiger partial charge in [0, 0.05) is 36.3 Å². The van der Waals surface area contributed by atoms with Crippen LogP contribution >= 0.6 is 0 Å². The maximum absolute atomic E-state index is 12.0. The van der Waals surface area contributed by atoms with E-state index in [0.29, 0.717) is 5.56 Å². The zero-order valence-corrected chi connectivity index (χ0v) is 14.9. The van der Waals surface area contributed by atoms with Crippen molar-refractivity contribution in [2.45, 2.75) is 50.2 Å². The zero-order chi connectivity index (χ0) is 17.8. The van der Waals surface area contributed by atoms with Crippen LogP contribution in [0.5, 0.6) is 0 Å². The van der Waals surface area contributed by atoms with Crippen LogP contribution in [-0.2, 0) is 16.4 Å². The van der Waals surface area contributed by atoms with Crippen molar-refractivity contribution in [1.29, 1.82) is 0 Å². The number of hydrogen-bond acceptors (Lipinski definition) is 5. The van der Waals surface area contributed by atoms with Gasteiger partial charge in [-0.05, 0) is 25.7 Å². The van der Waals surface area contributed by atoms with Gasteiger partial charge >= 0.3 is 0 Å². The summed E-state index contributed by atoms with van der Waals surface area (Å²) in [6, 6.07) is 0.191. The van der Waals surface area contributed by atoms with E-state index >= 15 is 0 Å². The lowest BCUT2D eigenvalue weighted by Gasteiger charge is -2.38. The van der Waals surface area contributed by atoms with Gasteiger partial charge < -0.3 is 11.1 Å². The van der Waals surface area contributed by atoms with Gasteiger partial charge in [-0.25, -0.2) is 8.42 Å². The van der Waals surface area contributed by atoms with Gasteiger partial charge in [-0.2, -0.15) is 4.31 Å². The molecule has 2 atom stereocenters. The summed E-state index contributed by atoms with van der Waals surface area (Å²) in [5, 5.41) is 3.49. The molecule has 7 nitrogen and oxygen atoms in total. The first-order valence-electron chi connectivity index (χ1n) is 8.58. The number of allylic oxidation sites excluding steroid dienone is 1. The molecular formula is C17H22N4O3S. The number of aromatic nitrogens is 1. The molecule has 2 saturated heterocycles. The Bertz CT molecular complexity index is 851. The van der Waals surface area contributed by atoms with E-state index in [1.165, 1.54) is 12.5 Å². The molecule has 134 valence electrons. The molecule has 1 aromatic heterocycles. The molecule has 0 radical (unpaired) electrons. The number of rotatable bonds is 4. The molecule has 1 aromatic rings. The highest BCUT2D eigenvalue weighted by Gasteiger charge is 2.45. The highest BCUT2D eigenvalue weighted by atomic mass is 32.2. The number of hydrogen-bond donors (Lipinski definition) is 2. The number of fused-ring (bicyclic) bond motifs is 3. The van der Waals surface area contributed by atoms with E-state index in [4.69, 9.17) is 5.73 Å². The van der Waals surface area contributed by atoms with Crippen molar-refractivity contribution in [1.82, 2.24) is 9.29 Å². The molecule has 0 unspecified atom stereocenters. The van der Waals surface area contributed by atoms with Crippen molar-refractivity contribution < 1.29 is 13.2 Å². The fourth-order valence-electron chi connectivity index (χ4n) is 4.54. The number of carbonyl (C=O) groups is 1. The quantitative estimate of drug-likeness (QED) is 0.835. The molecule has 4 rings (SSSR count). The average Bonchev–Trinajstić information content (AvgIpc) is 3.10.